The van der Waals surface area contributed by atoms with Crippen molar-refractivity contribution in [3.63, 3.8) is 0 Å². The summed E-state index contributed by atoms with van der Waals surface area (Å²) in [5, 5.41) is 13.4. The first-order valence-electron chi connectivity index (χ1n) is 10.7. The molecule has 1 aromatic carbocycles. The summed E-state index contributed by atoms with van der Waals surface area (Å²) >= 11 is 0. The Labute approximate surface area is 190 Å². The second kappa shape index (κ2) is 8.18. The first-order chi connectivity index (χ1) is 16.0. The molecule has 0 aliphatic carbocycles. The Morgan fingerprint density at radius 3 is 2.58 bits per heavy atom. The maximum atomic E-state index is 13.0. The van der Waals surface area contributed by atoms with E-state index in [2.05, 4.69) is 15.6 Å². The van der Waals surface area contributed by atoms with E-state index in [4.69, 9.17) is 10.1 Å². The molecule has 33 heavy (non-hydrogen) atoms. The van der Waals surface area contributed by atoms with Gasteiger partial charge in [0, 0.05) is 56.1 Å². The number of fused-ring (bicyclic) bond motifs is 1. The summed E-state index contributed by atoms with van der Waals surface area (Å²) in [5.41, 5.74) is 3.18. The molecule has 3 N–H and O–H groups in total. The van der Waals surface area contributed by atoms with Crippen LogP contribution in [0.4, 0.5) is 5.69 Å². The average molecular weight is 444 g/mol. The van der Waals surface area contributed by atoms with Crippen LogP contribution in [-0.4, -0.2) is 65.7 Å². The third-order valence-corrected chi connectivity index (χ3v) is 6.07. The van der Waals surface area contributed by atoms with E-state index in [0.29, 0.717) is 37.6 Å². The number of imidazole rings is 1. The van der Waals surface area contributed by atoms with E-state index in [9.17, 15) is 9.59 Å². The highest BCUT2D eigenvalue weighted by molar-refractivity contribution is 6.19. The molecule has 2 aromatic heterocycles. The van der Waals surface area contributed by atoms with Gasteiger partial charge in [0.05, 0.1) is 29.9 Å². The molecular weight excluding hydrogens is 420 g/mol. The summed E-state index contributed by atoms with van der Waals surface area (Å²) in [4.78, 5) is 32.2. The lowest BCUT2D eigenvalue weighted by Crippen LogP contribution is -2.67. The molecule has 9 heteroatoms. The van der Waals surface area contributed by atoms with Gasteiger partial charge in [0.2, 0.25) is 0 Å². The maximum absolute atomic E-state index is 13.0. The van der Waals surface area contributed by atoms with E-state index in [0.717, 1.165) is 17.5 Å². The van der Waals surface area contributed by atoms with Crippen LogP contribution in [0.5, 0.6) is 0 Å². The number of nitrogens with zero attached hydrogens (tertiary/aromatic N) is 3. The van der Waals surface area contributed by atoms with Crippen molar-refractivity contribution in [1.82, 2.24) is 19.6 Å². The van der Waals surface area contributed by atoms with Crippen molar-refractivity contribution < 1.29 is 14.3 Å². The fraction of sp³-hybridized carbons (Fsp3) is 0.250. The number of carbonyl (C=O) groups is 2. The quantitative estimate of drug-likeness (QED) is 0.397. The van der Waals surface area contributed by atoms with Crippen molar-refractivity contribution in [2.75, 3.05) is 38.7 Å². The van der Waals surface area contributed by atoms with E-state index in [1.165, 1.54) is 0 Å². The second-order valence-electron chi connectivity index (χ2n) is 8.46. The Bertz CT molecular complexity index is 1270. The summed E-state index contributed by atoms with van der Waals surface area (Å²) in [6.07, 6.45) is 4.67. The molecule has 2 aliphatic rings. The van der Waals surface area contributed by atoms with Gasteiger partial charge in [-0.1, -0.05) is 30.3 Å². The molecule has 1 spiro atoms. The summed E-state index contributed by atoms with van der Waals surface area (Å²) in [5.74, 6) is -0.830. The third kappa shape index (κ3) is 3.76. The van der Waals surface area contributed by atoms with E-state index in [1.54, 1.807) is 24.1 Å². The number of anilines is 1. The van der Waals surface area contributed by atoms with E-state index in [-0.39, 0.29) is 22.6 Å². The number of pyridine rings is 1. The largest absolute Gasteiger partial charge is 0.383 e. The molecule has 0 saturated carbocycles. The Balaban J connectivity index is 1.35. The lowest BCUT2D eigenvalue weighted by Gasteiger charge is -2.55. The van der Waals surface area contributed by atoms with Gasteiger partial charge in [-0.3, -0.25) is 9.59 Å². The molecule has 3 aromatic rings. The minimum atomic E-state index is -0.495. The first kappa shape index (κ1) is 20.9. The second-order valence-corrected chi connectivity index (χ2v) is 8.46. The van der Waals surface area contributed by atoms with Crippen LogP contribution in [0.3, 0.4) is 0 Å². The van der Waals surface area contributed by atoms with Gasteiger partial charge in [0.25, 0.3) is 11.8 Å². The normalized spacial score (nSPS) is 17.1. The fourth-order valence-electron chi connectivity index (χ4n) is 4.26. The molecule has 4 heterocycles. The van der Waals surface area contributed by atoms with Crippen LogP contribution in [0.1, 0.15) is 0 Å². The number of likely N-dealkylation sites (N-methyl/N-ethyl adjacent to an activating group) is 1. The Morgan fingerprint density at radius 2 is 1.94 bits per heavy atom. The molecule has 5 rings (SSSR count). The van der Waals surface area contributed by atoms with Crippen molar-refractivity contribution in [2.24, 2.45) is 5.41 Å². The predicted molar refractivity (Wildman–Crippen MR) is 124 cm³/mol. The van der Waals surface area contributed by atoms with Gasteiger partial charge in [-0.05, 0) is 6.07 Å². The zero-order valence-corrected chi connectivity index (χ0v) is 18.2. The van der Waals surface area contributed by atoms with Gasteiger partial charge >= 0.3 is 0 Å². The van der Waals surface area contributed by atoms with Crippen LogP contribution >= 0.6 is 0 Å². The summed E-state index contributed by atoms with van der Waals surface area (Å²) in [6.45, 7) is 2.48. The zero-order valence-electron chi connectivity index (χ0n) is 18.2. The first-order valence-corrected chi connectivity index (χ1v) is 10.7. The molecule has 2 amide bonds. The number of amides is 2. The van der Waals surface area contributed by atoms with E-state index in [1.807, 2.05) is 47.1 Å². The molecule has 2 aliphatic heterocycles. The highest BCUT2D eigenvalue weighted by atomic mass is 16.5. The SMILES string of the molecule is CN/C(C(=O)Nc1ccn2cc(-c3ccccc3)nc2c1)=C(\C=N)C(=O)N1CC2(COC2)C1. The zero-order chi connectivity index (χ0) is 23.0. The van der Waals surface area contributed by atoms with E-state index >= 15 is 0 Å². The number of hydrogen-bond donors (Lipinski definition) is 3. The number of nitrogens with one attached hydrogen (secondary N) is 3. The maximum Gasteiger partial charge on any atom is 0.272 e. The molecule has 2 saturated heterocycles. The Morgan fingerprint density at radius 1 is 1.18 bits per heavy atom. The number of aromatic nitrogens is 2. The Hall–Kier alpha value is -3.98. The molecule has 9 nitrogen and oxygen atoms in total. The smallest absolute Gasteiger partial charge is 0.272 e. The van der Waals surface area contributed by atoms with Crippen LogP contribution in [0.25, 0.3) is 16.9 Å². The van der Waals surface area contributed by atoms with Gasteiger partial charge in [-0.2, -0.15) is 0 Å². The minimum Gasteiger partial charge on any atom is -0.383 e. The van der Waals surface area contributed by atoms with Crippen LogP contribution in [0.15, 0.2) is 66.1 Å². The molecule has 0 bridgehead atoms. The average Bonchev–Trinajstić information content (AvgIpc) is 3.19. The number of hydrogen-bond acceptors (Lipinski definition) is 6. The summed E-state index contributed by atoms with van der Waals surface area (Å²) < 4.78 is 7.13. The number of carbonyl (C=O) groups excluding carboxylic acids is 2. The monoisotopic (exact) mass is 444 g/mol. The molecule has 0 atom stereocenters. The van der Waals surface area contributed by atoms with Crippen molar-refractivity contribution in [3.05, 3.63) is 66.1 Å². The van der Waals surface area contributed by atoms with Gasteiger partial charge < -0.3 is 30.1 Å². The topological polar surface area (TPSA) is 112 Å². The van der Waals surface area contributed by atoms with E-state index < -0.39 is 5.91 Å². The molecular formula is C24H24N6O3. The van der Waals surface area contributed by atoms with Crippen molar-refractivity contribution in [3.8, 4) is 11.3 Å². The molecule has 168 valence electrons. The van der Waals surface area contributed by atoms with Crippen molar-refractivity contribution in [2.45, 2.75) is 0 Å². The number of benzene rings is 1. The molecule has 0 radical (unpaired) electrons. The lowest BCUT2D eigenvalue weighted by molar-refractivity contribution is -0.192. The highest BCUT2D eigenvalue weighted by Gasteiger charge is 2.51. The lowest BCUT2D eigenvalue weighted by atomic mass is 9.77. The third-order valence-electron chi connectivity index (χ3n) is 6.07. The predicted octanol–water partition coefficient (Wildman–Crippen LogP) is 1.92. The number of ether oxygens (including phenoxy) is 1. The summed E-state index contributed by atoms with van der Waals surface area (Å²) in [7, 11) is 1.56. The van der Waals surface area contributed by atoms with Crippen LogP contribution < -0.4 is 10.6 Å². The van der Waals surface area contributed by atoms with Crippen molar-refractivity contribution >= 4 is 29.4 Å². The van der Waals surface area contributed by atoms with Crippen LogP contribution in [0, 0.1) is 10.8 Å². The van der Waals surface area contributed by atoms with Crippen LogP contribution in [0.2, 0.25) is 0 Å². The minimum absolute atomic E-state index is 0.0262. The van der Waals surface area contributed by atoms with Crippen LogP contribution in [-0.2, 0) is 14.3 Å². The standard InChI is InChI=1S/C24H24N6O3/c1-26-21(18(10-25)23(32)30-12-24(13-30)14-33-15-24)22(31)27-17-7-8-29-11-19(28-20(29)9-17)16-5-3-2-4-6-16/h2-11,25-26H,12-15H2,1H3,(H,27,31)/b21-18+,25-10?. The molecule has 2 fully saturated rings. The van der Waals surface area contributed by atoms with Gasteiger partial charge in [0.1, 0.15) is 11.3 Å². The Kier molecular flexibility index (Phi) is 5.18. The van der Waals surface area contributed by atoms with Crippen molar-refractivity contribution in [1.29, 1.82) is 5.41 Å². The number of likely N-dealkylation sites (tertiary alicyclic amines) is 1. The number of rotatable bonds is 6. The summed E-state index contributed by atoms with van der Waals surface area (Å²) in [6, 6.07) is 13.4. The van der Waals surface area contributed by atoms with Gasteiger partial charge in [-0.15, -0.1) is 0 Å². The molecule has 0 unspecified atom stereocenters. The van der Waals surface area contributed by atoms with Gasteiger partial charge in [-0.25, -0.2) is 4.98 Å². The van der Waals surface area contributed by atoms with Gasteiger partial charge in [0.15, 0.2) is 0 Å². The highest BCUT2D eigenvalue weighted by Crippen LogP contribution is 2.38. The fourth-order valence-corrected chi connectivity index (χ4v) is 4.26.